The highest BCUT2D eigenvalue weighted by Gasteiger charge is 2.25. The van der Waals surface area contributed by atoms with Gasteiger partial charge in [0.25, 0.3) is 11.8 Å². The monoisotopic (exact) mass is 796 g/mol. The van der Waals surface area contributed by atoms with Crippen LogP contribution in [0.1, 0.15) is 108 Å². The summed E-state index contributed by atoms with van der Waals surface area (Å²) in [4.78, 5) is 80.0. The minimum Gasteiger partial charge on any atom is -0.466 e. The van der Waals surface area contributed by atoms with Crippen LogP contribution in [0, 0.1) is 0 Å². The first kappa shape index (κ1) is 47.5. The molecule has 0 fully saturated rings. The molecule has 0 unspecified atom stereocenters. The average molecular weight is 797 g/mol. The molecule has 1 heterocycles. The van der Waals surface area contributed by atoms with Gasteiger partial charge in [0.2, 0.25) is 0 Å². The predicted octanol–water partition coefficient (Wildman–Crippen LogP) is 7.06. The first-order valence-corrected chi connectivity index (χ1v) is 23.8. The molecule has 298 valence electrons. The standard InChI is InChI=1S/C37H60N4O9S2Si/c1-10-12-13-14-15-19-32(43)51-21-17-16-18-27(23-31(42)48-20-22-53(7,8)9)49-35(46)26(3)39-33(44)28(11-2)41-34(45)29-25-52-30(40-29)24-38-36(47)50-37(4,5)6/h11,16,18,25-27H,10,12-15,17,19-24H2,1-9H3,(H,38,47)(H,39,44)(H,41,45)/b18-16+,28-11-/t26-,27-/m1/s1. The third-order valence-electron chi connectivity index (χ3n) is 7.18. The molecule has 2 atom stereocenters. The van der Waals surface area contributed by atoms with Crippen molar-refractivity contribution in [1.29, 1.82) is 0 Å². The number of allylic oxidation sites excluding steroid dienone is 2. The molecule has 0 radical (unpaired) electrons. The van der Waals surface area contributed by atoms with Gasteiger partial charge in [0.15, 0.2) is 5.12 Å². The van der Waals surface area contributed by atoms with Gasteiger partial charge in [-0.25, -0.2) is 14.6 Å². The summed E-state index contributed by atoms with van der Waals surface area (Å²) in [6.07, 6.45) is 9.45. The fourth-order valence-corrected chi connectivity index (χ4v) is 6.47. The Morgan fingerprint density at radius 2 is 1.75 bits per heavy atom. The van der Waals surface area contributed by atoms with Crippen LogP contribution >= 0.6 is 23.1 Å². The first-order valence-electron chi connectivity index (χ1n) is 18.2. The number of unbranched alkanes of at least 4 members (excludes halogenated alkanes) is 4. The molecule has 0 saturated carbocycles. The number of esters is 2. The maximum Gasteiger partial charge on any atom is 0.408 e. The summed E-state index contributed by atoms with van der Waals surface area (Å²) in [5, 5.41) is 9.67. The molecule has 0 aliphatic rings. The van der Waals surface area contributed by atoms with Crippen molar-refractivity contribution in [2.45, 2.75) is 143 Å². The maximum atomic E-state index is 13.1. The normalized spacial score (nSPS) is 13.2. The van der Waals surface area contributed by atoms with Gasteiger partial charge in [-0.1, -0.05) is 76.2 Å². The number of hydrogen-bond acceptors (Lipinski definition) is 12. The molecule has 53 heavy (non-hydrogen) atoms. The Hall–Kier alpha value is -3.50. The third kappa shape index (κ3) is 23.0. The van der Waals surface area contributed by atoms with E-state index in [0.29, 0.717) is 23.6 Å². The number of carbonyl (C=O) groups excluding carboxylic acids is 6. The summed E-state index contributed by atoms with van der Waals surface area (Å²) >= 11 is 2.41. The van der Waals surface area contributed by atoms with Crippen molar-refractivity contribution in [3.8, 4) is 0 Å². The topological polar surface area (TPSA) is 179 Å². The van der Waals surface area contributed by atoms with E-state index in [0.717, 1.165) is 43.1 Å². The second kappa shape index (κ2) is 24.7. The van der Waals surface area contributed by atoms with E-state index < -0.39 is 55.7 Å². The van der Waals surface area contributed by atoms with Crippen molar-refractivity contribution in [2.75, 3.05) is 12.4 Å². The minimum absolute atomic E-state index is 0.0344. The van der Waals surface area contributed by atoms with Crippen LogP contribution in [0.5, 0.6) is 0 Å². The lowest BCUT2D eigenvalue weighted by atomic mass is 10.1. The molecule has 0 aliphatic carbocycles. The van der Waals surface area contributed by atoms with Crippen LogP contribution in [-0.4, -0.2) is 78.1 Å². The molecule has 0 aliphatic heterocycles. The van der Waals surface area contributed by atoms with Crippen molar-refractivity contribution in [3.05, 3.63) is 40.0 Å². The number of rotatable bonds is 23. The highest BCUT2D eigenvalue weighted by atomic mass is 32.2. The van der Waals surface area contributed by atoms with Gasteiger partial charge in [-0.05, 0) is 59.6 Å². The van der Waals surface area contributed by atoms with Crippen LogP contribution in [0.3, 0.4) is 0 Å². The molecule has 0 saturated heterocycles. The smallest absolute Gasteiger partial charge is 0.408 e. The number of thioether (sulfide) groups is 1. The lowest BCUT2D eigenvalue weighted by Crippen LogP contribution is -2.44. The van der Waals surface area contributed by atoms with Gasteiger partial charge in [0, 0.05) is 25.6 Å². The predicted molar refractivity (Wildman–Crippen MR) is 212 cm³/mol. The van der Waals surface area contributed by atoms with Crippen molar-refractivity contribution in [3.63, 3.8) is 0 Å². The summed E-state index contributed by atoms with van der Waals surface area (Å²) in [6.45, 7) is 17.2. The van der Waals surface area contributed by atoms with Crippen LogP contribution in [0.15, 0.2) is 29.3 Å². The Labute approximate surface area is 324 Å². The van der Waals surface area contributed by atoms with E-state index in [9.17, 15) is 28.8 Å². The van der Waals surface area contributed by atoms with Gasteiger partial charge in [-0.15, -0.1) is 11.3 Å². The van der Waals surface area contributed by atoms with Crippen molar-refractivity contribution in [1.82, 2.24) is 20.9 Å². The van der Waals surface area contributed by atoms with Gasteiger partial charge >= 0.3 is 18.0 Å². The zero-order valence-corrected chi connectivity index (χ0v) is 35.5. The van der Waals surface area contributed by atoms with Crippen molar-refractivity contribution >= 4 is 66.1 Å². The number of nitrogens with zero attached hydrogens (tertiary/aromatic N) is 1. The summed E-state index contributed by atoms with van der Waals surface area (Å²) in [6, 6.07) is -0.339. The molecule has 1 aromatic rings. The molecule has 1 rings (SSSR count). The van der Waals surface area contributed by atoms with E-state index in [-0.39, 0.29) is 36.1 Å². The van der Waals surface area contributed by atoms with Gasteiger partial charge in [-0.2, -0.15) is 0 Å². The largest absolute Gasteiger partial charge is 0.466 e. The SMILES string of the molecule is C/C=C(\NC(=O)c1csc(CNC(=O)OC(C)(C)C)n1)C(=O)N[C@H](C)C(=O)O[C@H](/C=C/CCSC(=O)CCCCCCC)CC(=O)OCC[Si](C)(C)C. The Kier molecular flexibility index (Phi) is 22.2. The van der Waals surface area contributed by atoms with E-state index in [4.69, 9.17) is 14.2 Å². The maximum absolute atomic E-state index is 13.1. The summed E-state index contributed by atoms with van der Waals surface area (Å²) < 4.78 is 16.2. The molecule has 3 amide bonds. The summed E-state index contributed by atoms with van der Waals surface area (Å²) in [5.41, 5.74) is -0.747. The van der Waals surface area contributed by atoms with E-state index in [2.05, 4.69) is 47.5 Å². The molecule has 0 aromatic carbocycles. The fourth-order valence-electron chi connectivity index (χ4n) is 4.27. The Balaban J connectivity index is 2.77. The molecule has 0 bridgehead atoms. The van der Waals surface area contributed by atoms with E-state index in [1.54, 1.807) is 39.8 Å². The second-order valence-corrected chi connectivity index (χ2v) is 22.4. The number of ether oxygens (including phenoxy) is 3. The Morgan fingerprint density at radius 3 is 2.40 bits per heavy atom. The molecule has 0 spiro atoms. The van der Waals surface area contributed by atoms with Crippen molar-refractivity contribution < 1.29 is 43.0 Å². The third-order valence-corrected chi connectivity index (χ3v) is 10.7. The molecule has 13 nitrogen and oxygen atoms in total. The Bertz CT molecular complexity index is 1420. The zero-order chi connectivity index (χ0) is 40.0. The second-order valence-electron chi connectivity index (χ2n) is 14.6. The molecule has 16 heteroatoms. The van der Waals surface area contributed by atoms with Crippen LogP contribution in [-0.2, 0) is 39.9 Å². The fraction of sp³-hybridized carbons (Fsp3) is 0.649. The quantitative estimate of drug-likeness (QED) is 0.0258. The van der Waals surface area contributed by atoms with Crippen LogP contribution in [0.4, 0.5) is 4.79 Å². The molecular weight excluding hydrogens is 737 g/mol. The first-order chi connectivity index (χ1) is 24.8. The molecule has 3 N–H and O–H groups in total. The number of nitrogens with one attached hydrogen (secondary N) is 3. The molecule has 1 aromatic heterocycles. The minimum atomic E-state index is -1.43. The van der Waals surface area contributed by atoms with Gasteiger partial charge < -0.3 is 30.2 Å². The highest BCUT2D eigenvalue weighted by Crippen LogP contribution is 2.15. The zero-order valence-electron chi connectivity index (χ0n) is 32.9. The number of aromatic nitrogens is 1. The van der Waals surface area contributed by atoms with Gasteiger partial charge in [0.05, 0.1) is 19.6 Å². The summed E-state index contributed by atoms with van der Waals surface area (Å²) in [5.74, 6) is -2.15. The highest BCUT2D eigenvalue weighted by molar-refractivity contribution is 8.13. The Morgan fingerprint density at radius 1 is 1.06 bits per heavy atom. The van der Waals surface area contributed by atoms with Crippen molar-refractivity contribution in [2.24, 2.45) is 0 Å². The van der Waals surface area contributed by atoms with Gasteiger partial charge in [0.1, 0.15) is 34.1 Å². The number of alkyl carbamates (subject to hydrolysis) is 1. The van der Waals surface area contributed by atoms with Crippen LogP contribution in [0.25, 0.3) is 0 Å². The van der Waals surface area contributed by atoms with Crippen LogP contribution < -0.4 is 16.0 Å². The number of hydrogen-bond donors (Lipinski definition) is 3. The number of carbonyl (C=O) groups is 6. The number of thiazole rings is 1. The van der Waals surface area contributed by atoms with Crippen LogP contribution in [0.2, 0.25) is 25.7 Å². The van der Waals surface area contributed by atoms with E-state index in [1.807, 2.05) is 0 Å². The van der Waals surface area contributed by atoms with E-state index >= 15 is 0 Å². The lowest BCUT2D eigenvalue weighted by Gasteiger charge is -2.19. The van der Waals surface area contributed by atoms with E-state index in [1.165, 1.54) is 36.6 Å². The average Bonchev–Trinajstić information content (AvgIpc) is 3.53. The number of amides is 3. The van der Waals surface area contributed by atoms with Gasteiger partial charge in [-0.3, -0.25) is 19.2 Å². The molecular formula is C37H60N4O9S2Si. The lowest BCUT2D eigenvalue weighted by molar-refractivity contribution is -0.154. The summed E-state index contributed by atoms with van der Waals surface area (Å²) in [7, 11) is -1.43.